The zero-order chi connectivity index (χ0) is 14.4. The fraction of sp³-hybridized carbons (Fsp3) is 0.750. The van der Waals surface area contributed by atoms with Crippen LogP contribution in [0.2, 0.25) is 0 Å². The second-order valence-corrected chi connectivity index (χ2v) is 6.48. The van der Waals surface area contributed by atoms with E-state index < -0.39 is 0 Å². The summed E-state index contributed by atoms with van der Waals surface area (Å²) < 4.78 is 17.1. The molecule has 1 fully saturated rings. The molecule has 4 heteroatoms. The number of nitrogens with one attached hydrogen (secondary N) is 1. The highest BCUT2D eigenvalue weighted by atomic mass is 16.5. The normalized spacial score (nSPS) is 20.2. The molecule has 1 aliphatic heterocycles. The Hall–Kier alpha value is -0.840. The van der Waals surface area contributed by atoms with Crippen molar-refractivity contribution in [2.24, 2.45) is 0 Å². The molecule has 0 bridgehead atoms. The molecule has 0 amide bonds. The minimum Gasteiger partial charge on any atom is -0.462 e. The molecular formula is C16H27NO3. The Morgan fingerprint density at radius 2 is 2.05 bits per heavy atom. The first-order valence-electron chi connectivity index (χ1n) is 7.55. The molecule has 0 radical (unpaired) electrons. The number of ether oxygens (including phenoxy) is 2. The van der Waals surface area contributed by atoms with Crippen LogP contribution in [0.1, 0.15) is 51.6 Å². The molecule has 1 atom stereocenters. The Morgan fingerprint density at radius 1 is 1.25 bits per heavy atom. The minimum atomic E-state index is 0.0990. The second-order valence-electron chi connectivity index (χ2n) is 6.48. The van der Waals surface area contributed by atoms with Crippen molar-refractivity contribution >= 4 is 0 Å². The number of rotatable bonds is 6. The van der Waals surface area contributed by atoms with Crippen LogP contribution in [0.4, 0.5) is 0 Å². The summed E-state index contributed by atoms with van der Waals surface area (Å²) in [5.41, 5.74) is 0.0990. The van der Waals surface area contributed by atoms with Crippen LogP contribution >= 0.6 is 0 Å². The van der Waals surface area contributed by atoms with Crippen molar-refractivity contribution in [1.82, 2.24) is 5.32 Å². The average Bonchev–Trinajstić information content (AvgIpc) is 2.85. The lowest BCUT2D eigenvalue weighted by Gasteiger charge is -2.22. The Morgan fingerprint density at radius 3 is 2.75 bits per heavy atom. The van der Waals surface area contributed by atoms with Gasteiger partial charge in [-0.2, -0.15) is 0 Å². The zero-order valence-electron chi connectivity index (χ0n) is 12.9. The van der Waals surface area contributed by atoms with Gasteiger partial charge in [0.15, 0.2) is 0 Å². The molecule has 4 nitrogen and oxygen atoms in total. The molecule has 0 aromatic carbocycles. The van der Waals surface area contributed by atoms with Gasteiger partial charge in [-0.3, -0.25) is 0 Å². The summed E-state index contributed by atoms with van der Waals surface area (Å²) in [5.74, 6) is 1.83. The smallest absolute Gasteiger partial charge is 0.129 e. The van der Waals surface area contributed by atoms with E-state index in [-0.39, 0.29) is 11.6 Å². The molecule has 1 saturated heterocycles. The molecule has 2 heterocycles. The summed E-state index contributed by atoms with van der Waals surface area (Å²) in [4.78, 5) is 0. The quantitative estimate of drug-likeness (QED) is 0.869. The molecule has 2 rings (SSSR count). The number of furan rings is 1. The van der Waals surface area contributed by atoms with Crippen LogP contribution in [0.5, 0.6) is 0 Å². The van der Waals surface area contributed by atoms with Gasteiger partial charge in [0.1, 0.15) is 18.1 Å². The number of hydrogen-bond acceptors (Lipinski definition) is 4. The Kier molecular flexibility index (Phi) is 5.64. The molecule has 1 aromatic rings. The maximum Gasteiger partial charge on any atom is 0.129 e. The first kappa shape index (κ1) is 15.5. The van der Waals surface area contributed by atoms with E-state index in [0.717, 1.165) is 31.1 Å². The van der Waals surface area contributed by atoms with Crippen molar-refractivity contribution in [3.05, 3.63) is 23.7 Å². The van der Waals surface area contributed by atoms with E-state index in [2.05, 4.69) is 26.1 Å². The molecule has 114 valence electrons. The van der Waals surface area contributed by atoms with Crippen molar-refractivity contribution in [3.8, 4) is 0 Å². The summed E-state index contributed by atoms with van der Waals surface area (Å²) in [6.45, 7) is 9.23. The Balaban J connectivity index is 1.67. The first-order chi connectivity index (χ1) is 9.53. The van der Waals surface area contributed by atoms with Gasteiger partial charge in [-0.1, -0.05) is 0 Å². The molecule has 0 spiro atoms. The van der Waals surface area contributed by atoms with Crippen LogP contribution in [0.3, 0.4) is 0 Å². The van der Waals surface area contributed by atoms with Gasteiger partial charge in [0.2, 0.25) is 0 Å². The predicted octanol–water partition coefficient (Wildman–Crippen LogP) is 3.25. The van der Waals surface area contributed by atoms with Crippen molar-refractivity contribution in [2.45, 2.75) is 64.8 Å². The van der Waals surface area contributed by atoms with Crippen molar-refractivity contribution in [3.63, 3.8) is 0 Å². The van der Waals surface area contributed by atoms with Gasteiger partial charge < -0.3 is 19.2 Å². The third-order valence-corrected chi connectivity index (χ3v) is 3.33. The van der Waals surface area contributed by atoms with Gasteiger partial charge in [-0.25, -0.2) is 0 Å². The fourth-order valence-corrected chi connectivity index (χ4v) is 2.18. The summed E-state index contributed by atoms with van der Waals surface area (Å²) >= 11 is 0. The fourth-order valence-electron chi connectivity index (χ4n) is 2.18. The highest BCUT2D eigenvalue weighted by Gasteiger charge is 2.14. The van der Waals surface area contributed by atoms with Gasteiger partial charge in [0.25, 0.3) is 0 Å². The summed E-state index contributed by atoms with van der Waals surface area (Å²) in [5, 5.41) is 3.40. The van der Waals surface area contributed by atoms with Crippen LogP contribution in [0, 0.1) is 0 Å². The van der Waals surface area contributed by atoms with Gasteiger partial charge in [0, 0.05) is 12.1 Å². The molecular weight excluding hydrogens is 254 g/mol. The lowest BCUT2D eigenvalue weighted by molar-refractivity contribution is -0.0473. The summed E-state index contributed by atoms with van der Waals surface area (Å²) in [6, 6.07) is 4.00. The maximum absolute atomic E-state index is 5.74. The van der Waals surface area contributed by atoms with Crippen molar-refractivity contribution in [1.29, 1.82) is 0 Å². The lowest BCUT2D eigenvalue weighted by atomic mass is 10.1. The summed E-state index contributed by atoms with van der Waals surface area (Å²) in [6.07, 6.45) is 3.80. The summed E-state index contributed by atoms with van der Waals surface area (Å²) in [7, 11) is 0. The van der Waals surface area contributed by atoms with E-state index in [1.54, 1.807) is 0 Å². The van der Waals surface area contributed by atoms with E-state index in [1.807, 2.05) is 12.1 Å². The van der Waals surface area contributed by atoms with Crippen LogP contribution in [-0.4, -0.2) is 24.9 Å². The Labute approximate surface area is 121 Å². The van der Waals surface area contributed by atoms with Crippen LogP contribution in [0.15, 0.2) is 16.5 Å². The van der Waals surface area contributed by atoms with Crippen LogP contribution < -0.4 is 5.32 Å². The first-order valence-corrected chi connectivity index (χ1v) is 7.55. The van der Waals surface area contributed by atoms with E-state index >= 15 is 0 Å². The largest absolute Gasteiger partial charge is 0.462 e. The van der Waals surface area contributed by atoms with Crippen LogP contribution in [0.25, 0.3) is 0 Å². The Bertz CT molecular complexity index is 389. The van der Waals surface area contributed by atoms with Gasteiger partial charge in [-0.05, 0) is 52.2 Å². The van der Waals surface area contributed by atoms with Crippen LogP contribution in [-0.2, 0) is 22.6 Å². The monoisotopic (exact) mass is 281 g/mol. The van der Waals surface area contributed by atoms with Gasteiger partial charge >= 0.3 is 0 Å². The zero-order valence-corrected chi connectivity index (χ0v) is 12.9. The number of hydrogen-bond donors (Lipinski definition) is 1. The lowest BCUT2D eigenvalue weighted by Crippen LogP contribution is -2.34. The van der Waals surface area contributed by atoms with E-state index in [4.69, 9.17) is 13.9 Å². The molecule has 0 saturated carbocycles. The standard InChI is InChI=1S/C16H27NO3/c1-16(2,3)17-10-13-7-8-15(20-13)12-18-11-14-6-4-5-9-19-14/h7-8,14,17H,4-6,9-12H2,1-3H3. The third-order valence-electron chi connectivity index (χ3n) is 3.33. The second kappa shape index (κ2) is 7.25. The highest BCUT2D eigenvalue weighted by molar-refractivity contribution is 5.06. The molecule has 0 aliphatic carbocycles. The third kappa shape index (κ3) is 5.65. The molecule has 1 N–H and O–H groups in total. The molecule has 1 aliphatic rings. The average molecular weight is 281 g/mol. The van der Waals surface area contributed by atoms with Crippen molar-refractivity contribution < 1.29 is 13.9 Å². The minimum absolute atomic E-state index is 0.0990. The van der Waals surface area contributed by atoms with E-state index in [0.29, 0.717) is 13.2 Å². The van der Waals surface area contributed by atoms with Crippen molar-refractivity contribution in [2.75, 3.05) is 13.2 Å². The topological polar surface area (TPSA) is 43.6 Å². The molecule has 1 unspecified atom stereocenters. The predicted molar refractivity (Wildman–Crippen MR) is 78.5 cm³/mol. The molecule has 1 aromatic heterocycles. The van der Waals surface area contributed by atoms with E-state index in [1.165, 1.54) is 12.8 Å². The van der Waals surface area contributed by atoms with Gasteiger partial charge in [0.05, 0.1) is 19.3 Å². The molecule has 20 heavy (non-hydrogen) atoms. The highest BCUT2D eigenvalue weighted by Crippen LogP contribution is 2.15. The van der Waals surface area contributed by atoms with E-state index in [9.17, 15) is 0 Å². The maximum atomic E-state index is 5.74. The van der Waals surface area contributed by atoms with Gasteiger partial charge in [-0.15, -0.1) is 0 Å². The SMILES string of the molecule is CC(C)(C)NCc1ccc(COCC2CCCCO2)o1.